The van der Waals surface area contributed by atoms with Crippen LogP contribution < -0.4 is 5.32 Å². The zero-order chi connectivity index (χ0) is 11.6. The first-order valence-corrected chi connectivity index (χ1v) is 5.38. The molecule has 0 bridgehead atoms. The average Bonchev–Trinajstić information content (AvgIpc) is 2.88. The van der Waals surface area contributed by atoms with Crippen molar-refractivity contribution in [2.24, 2.45) is 7.05 Å². The summed E-state index contributed by atoms with van der Waals surface area (Å²) >= 11 is 0. The molecule has 0 atom stereocenters. The maximum absolute atomic E-state index is 11.9. The minimum absolute atomic E-state index is 0.212. The summed E-state index contributed by atoms with van der Waals surface area (Å²) in [5, 5.41) is 15.9. The Hall–Kier alpha value is -1.83. The summed E-state index contributed by atoms with van der Waals surface area (Å²) in [4.78, 5) is 11.9. The third kappa shape index (κ3) is 1.91. The highest BCUT2D eigenvalue weighted by atomic mass is 16.1. The molecule has 1 N–H and O–H groups in total. The van der Waals surface area contributed by atoms with Gasteiger partial charge in [0, 0.05) is 13.2 Å². The summed E-state index contributed by atoms with van der Waals surface area (Å²) in [5.41, 5.74) is -0.156. The van der Waals surface area contributed by atoms with Crippen LogP contribution in [0.3, 0.4) is 0 Å². The molecule has 1 aliphatic rings. The standard InChI is InChI=1S/C11H14N4O/c1-15-7-9(6-13-15)10(16)14-11(8-12)4-2-3-5-11/h6-7H,2-5H2,1H3,(H,14,16). The van der Waals surface area contributed by atoms with Gasteiger partial charge in [0.2, 0.25) is 0 Å². The zero-order valence-corrected chi connectivity index (χ0v) is 9.23. The van der Waals surface area contributed by atoms with Crippen molar-refractivity contribution in [1.29, 1.82) is 5.26 Å². The molecule has 1 fully saturated rings. The van der Waals surface area contributed by atoms with Crippen molar-refractivity contribution in [3.63, 3.8) is 0 Å². The van der Waals surface area contributed by atoms with Crippen LogP contribution in [0.15, 0.2) is 12.4 Å². The SMILES string of the molecule is Cn1cc(C(=O)NC2(C#N)CCCC2)cn1. The van der Waals surface area contributed by atoms with E-state index < -0.39 is 5.54 Å². The number of amides is 1. The van der Waals surface area contributed by atoms with Gasteiger partial charge in [-0.2, -0.15) is 10.4 Å². The van der Waals surface area contributed by atoms with Gasteiger partial charge in [0.15, 0.2) is 0 Å². The second kappa shape index (κ2) is 3.97. The Kier molecular flexibility index (Phi) is 2.65. The molecule has 0 aliphatic heterocycles. The van der Waals surface area contributed by atoms with E-state index >= 15 is 0 Å². The van der Waals surface area contributed by atoms with Crippen molar-refractivity contribution in [2.75, 3.05) is 0 Å². The van der Waals surface area contributed by atoms with Crippen LogP contribution in [0, 0.1) is 11.3 Å². The van der Waals surface area contributed by atoms with Gasteiger partial charge in [-0.15, -0.1) is 0 Å². The molecule has 16 heavy (non-hydrogen) atoms. The molecule has 5 nitrogen and oxygen atoms in total. The van der Waals surface area contributed by atoms with Crippen molar-refractivity contribution in [3.05, 3.63) is 18.0 Å². The van der Waals surface area contributed by atoms with Gasteiger partial charge in [-0.3, -0.25) is 9.48 Å². The molecule has 1 aromatic rings. The van der Waals surface area contributed by atoms with Crippen LogP contribution in [0.25, 0.3) is 0 Å². The zero-order valence-electron chi connectivity index (χ0n) is 9.23. The normalized spacial score (nSPS) is 18.0. The predicted molar refractivity (Wildman–Crippen MR) is 57.5 cm³/mol. The number of aromatic nitrogens is 2. The number of nitrogens with zero attached hydrogens (tertiary/aromatic N) is 3. The molecule has 0 aromatic carbocycles. The highest BCUT2D eigenvalue weighted by Crippen LogP contribution is 2.29. The highest BCUT2D eigenvalue weighted by molar-refractivity contribution is 5.94. The third-order valence-electron chi connectivity index (χ3n) is 2.99. The molecule has 1 heterocycles. The molecular formula is C11H14N4O. The molecular weight excluding hydrogens is 204 g/mol. The fourth-order valence-electron chi connectivity index (χ4n) is 2.07. The lowest BCUT2D eigenvalue weighted by atomic mass is 9.99. The molecule has 1 aliphatic carbocycles. The van der Waals surface area contributed by atoms with Crippen LogP contribution in [0.4, 0.5) is 0 Å². The molecule has 0 unspecified atom stereocenters. The Morgan fingerprint density at radius 1 is 1.62 bits per heavy atom. The molecule has 2 rings (SSSR count). The van der Waals surface area contributed by atoms with E-state index in [2.05, 4.69) is 16.5 Å². The van der Waals surface area contributed by atoms with Crippen molar-refractivity contribution in [3.8, 4) is 6.07 Å². The number of nitrogens with one attached hydrogen (secondary N) is 1. The van der Waals surface area contributed by atoms with Crippen LogP contribution in [-0.4, -0.2) is 21.2 Å². The van der Waals surface area contributed by atoms with E-state index in [1.165, 1.54) is 6.20 Å². The van der Waals surface area contributed by atoms with E-state index in [-0.39, 0.29) is 5.91 Å². The number of aryl methyl sites for hydroxylation is 1. The van der Waals surface area contributed by atoms with Gasteiger partial charge in [0.25, 0.3) is 5.91 Å². The van der Waals surface area contributed by atoms with Gasteiger partial charge in [0.05, 0.1) is 17.8 Å². The molecule has 1 saturated carbocycles. The van der Waals surface area contributed by atoms with Gasteiger partial charge < -0.3 is 5.32 Å². The molecule has 1 aromatic heterocycles. The predicted octanol–water partition coefficient (Wildman–Crippen LogP) is 0.986. The summed E-state index contributed by atoms with van der Waals surface area (Å²) in [6.45, 7) is 0. The second-order valence-electron chi connectivity index (χ2n) is 4.26. The van der Waals surface area contributed by atoms with E-state index in [9.17, 15) is 4.79 Å². The van der Waals surface area contributed by atoms with E-state index in [0.717, 1.165) is 25.7 Å². The monoisotopic (exact) mass is 218 g/mol. The molecule has 84 valence electrons. The van der Waals surface area contributed by atoms with Crippen LogP contribution in [0.1, 0.15) is 36.0 Å². The lowest BCUT2D eigenvalue weighted by Crippen LogP contribution is -2.45. The average molecular weight is 218 g/mol. The van der Waals surface area contributed by atoms with Gasteiger partial charge in [-0.05, 0) is 25.7 Å². The summed E-state index contributed by atoms with van der Waals surface area (Å²) in [6, 6.07) is 2.23. The third-order valence-corrected chi connectivity index (χ3v) is 2.99. The first-order valence-electron chi connectivity index (χ1n) is 5.38. The number of hydrogen-bond acceptors (Lipinski definition) is 3. The highest BCUT2D eigenvalue weighted by Gasteiger charge is 2.35. The lowest BCUT2D eigenvalue weighted by Gasteiger charge is -2.21. The Morgan fingerprint density at radius 3 is 2.81 bits per heavy atom. The smallest absolute Gasteiger partial charge is 0.255 e. The van der Waals surface area contributed by atoms with Gasteiger partial charge >= 0.3 is 0 Å². The van der Waals surface area contributed by atoms with Gasteiger partial charge in [-0.1, -0.05) is 0 Å². The Bertz CT molecular complexity index is 437. The lowest BCUT2D eigenvalue weighted by molar-refractivity contribution is 0.0920. The van der Waals surface area contributed by atoms with E-state index in [4.69, 9.17) is 5.26 Å². The molecule has 0 spiro atoms. The summed E-state index contributed by atoms with van der Waals surface area (Å²) < 4.78 is 1.57. The number of nitriles is 1. The number of carbonyl (C=O) groups excluding carboxylic acids is 1. The molecule has 0 radical (unpaired) electrons. The van der Waals surface area contributed by atoms with Crippen molar-refractivity contribution in [2.45, 2.75) is 31.2 Å². The van der Waals surface area contributed by atoms with Crippen LogP contribution >= 0.6 is 0 Å². The van der Waals surface area contributed by atoms with Crippen LogP contribution in [0.2, 0.25) is 0 Å². The van der Waals surface area contributed by atoms with Gasteiger partial charge in [-0.25, -0.2) is 0 Å². The minimum Gasteiger partial charge on any atom is -0.334 e. The topological polar surface area (TPSA) is 70.7 Å². The Morgan fingerprint density at radius 2 is 2.31 bits per heavy atom. The van der Waals surface area contributed by atoms with Crippen LogP contribution in [-0.2, 0) is 7.05 Å². The largest absolute Gasteiger partial charge is 0.334 e. The van der Waals surface area contributed by atoms with E-state index in [0.29, 0.717) is 5.56 Å². The quantitative estimate of drug-likeness (QED) is 0.804. The first-order chi connectivity index (χ1) is 7.65. The number of carbonyl (C=O) groups is 1. The molecule has 0 saturated heterocycles. The molecule has 5 heteroatoms. The summed E-state index contributed by atoms with van der Waals surface area (Å²) in [6.07, 6.45) is 6.65. The summed E-state index contributed by atoms with van der Waals surface area (Å²) in [5.74, 6) is -0.212. The Labute approximate surface area is 94.1 Å². The minimum atomic E-state index is -0.660. The maximum Gasteiger partial charge on any atom is 0.255 e. The van der Waals surface area contributed by atoms with Crippen LogP contribution in [0.5, 0.6) is 0 Å². The first kappa shape index (κ1) is 10.7. The van der Waals surface area contributed by atoms with Crippen molar-refractivity contribution < 1.29 is 4.79 Å². The second-order valence-corrected chi connectivity index (χ2v) is 4.26. The maximum atomic E-state index is 11.9. The molecule has 1 amide bonds. The fraction of sp³-hybridized carbons (Fsp3) is 0.545. The fourth-order valence-corrected chi connectivity index (χ4v) is 2.07. The van der Waals surface area contributed by atoms with E-state index in [1.807, 2.05) is 0 Å². The van der Waals surface area contributed by atoms with E-state index in [1.54, 1.807) is 17.9 Å². The summed E-state index contributed by atoms with van der Waals surface area (Å²) in [7, 11) is 1.76. The Balaban J connectivity index is 2.10. The number of rotatable bonds is 2. The van der Waals surface area contributed by atoms with Crippen molar-refractivity contribution >= 4 is 5.91 Å². The number of hydrogen-bond donors (Lipinski definition) is 1. The van der Waals surface area contributed by atoms with Gasteiger partial charge in [0.1, 0.15) is 5.54 Å². The van der Waals surface area contributed by atoms with Crippen molar-refractivity contribution in [1.82, 2.24) is 15.1 Å².